The second kappa shape index (κ2) is 8.67. The van der Waals surface area contributed by atoms with Crippen LogP contribution < -0.4 is 15.4 Å². The Kier molecular flexibility index (Phi) is 6.06. The Labute approximate surface area is 169 Å². The van der Waals surface area contributed by atoms with Crippen molar-refractivity contribution < 1.29 is 18.7 Å². The molecule has 3 rings (SSSR count). The summed E-state index contributed by atoms with van der Waals surface area (Å²) in [6, 6.07) is 17.1. The van der Waals surface area contributed by atoms with Gasteiger partial charge >= 0.3 is 0 Å². The van der Waals surface area contributed by atoms with E-state index in [-0.39, 0.29) is 17.6 Å². The number of hydrogen-bond acceptors (Lipinski definition) is 3. The van der Waals surface area contributed by atoms with E-state index in [0.29, 0.717) is 28.3 Å². The zero-order valence-corrected chi connectivity index (χ0v) is 16.4. The smallest absolute Gasteiger partial charge is 0.259 e. The first-order valence-corrected chi connectivity index (χ1v) is 9.07. The highest BCUT2D eigenvalue weighted by Gasteiger charge is 2.14. The molecule has 28 heavy (non-hydrogen) atoms. The predicted molar refractivity (Wildman–Crippen MR) is 109 cm³/mol. The van der Waals surface area contributed by atoms with Gasteiger partial charge in [-0.05, 0) is 60.7 Å². The van der Waals surface area contributed by atoms with Crippen molar-refractivity contribution in [3.8, 4) is 5.75 Å². The SMILES string of the molecule is COc1ccc(Br)cc1C(=O)Nc1cccc(C(=O)Nc2ccc(F)cc2)c1. The van der Waals surface area contributed by atoms with Gasteiger partial charge in [-0.25, -0.2) is 4.39 Å². The second-order valence-corrected chi connectivity index (χ2v) is 6.76. The lowest BCUT2D eigenvalue weighted by atomic mass is 10.1. The summed E-state index contributed by atoms with van der Waals surface area (Å²) in [5, 5.41) is 5.44. The Morgan fingerprint density at radius 2 is 1.61 bits per heavy atom. The molecule has 0 spiro atoms. The molecular weight excluding hydrogens is 427 g/mol. The largest absolute Gasteiger partial charge is 0.496 e. The van der Waals surface area contributed by atoms with Crippen molar-refractivity contribution in [2.75, 3.05) is 17.7 Å². The molecule has 0 aromatic heterocycles. The lowest BCUT2D eigenvalue weighted by Gasteiger charge is -2.11. The minimum absolute atomic E-state index is 0.350. The number of nitrogens with one attached hydrogen (secondary N) is 2. The van der Waals surface area contributed by atoms with Crippen molar-refractivity contribution in [2.45, 2.75) is 0 Å². The molecule has 3 aromatic rings. The third-order valence-electron chi connectivity index (χ3n) is 3.89. The minimum atomic E-state index is -0.384. The first kappa shape index (κ1) is 19.6. The first-order valence-electron chi connectivity index (χ1n) is 8.28. The van der Waals surface area contributed by atoms with Gasteiger partial charge in [0.2, 0.25) is 0 Å². The molecule has 0 heterocycles. The molecule has 0 atom stereocenters. The standard InChI is InChI=1S/C21H16BrFN2O3/c1-28-19-10-5-14(22)12-18(19)21(27)25-17-4-2-3-13(11-17)20(26)24-16-8-6-15(23)7-9-16/h2-12H,1H3,(H,24,26)(H,25,27). The van der Waals surface area contributed by atoms with Crippen LogP contribution in [0.5, 0.6) is 5.75 Å². The monoisotopic (exact) mass is 442 g/mol. The van der Waals surface area contributed by atoms with Gasteiger partial charge in [-0.2, -0.15) is 0 Å². The van der Waals surface area contributed by atoms with Crippen LogP contribution in [0.15, 0.2) is 71.2 Å². The molecule has 5 nitrogen and oxygen atoms in total. The molecule has 0 aliphatic heterocycles. The van der Waals surface area contributed by atoms with E-state index in [4.69, 9.17) is 4.74 Å². The zero-order chi connectivity index (χ0) is 20.1. The van der Waals surface area contributed by atoms with E-state index >= 15 is 0 Å². The molecular formula is C21H16BrFN2O3. The Morgan fingerprint density at radius 1 is 0.893 bits per heavy atom. The fraction of sp³-hybridized carbons (Fsp3) is 0.0476. The highest BCUT2D eigenvalue weighted by atomic mass is 79.9. The summed E-state index contributed by atoms with van der Waals surface area (Å²) in [5.74, 6) is -0.687. The number of anilines is 2. The van der Waals surface area contributed by atoms with Gasteiger partial charge in [0, 0.05) is 21.4 Å². The topological polar surface area (TPSA) is 67.4 Å². The average Bonchev–Trinajstić information content (AvgIpc) is 2.70. The molecule has 3 aromatic carbocycles. The molecule has 0 aliphatic carbocycles. The van der Waals surface area contributed by atoms with Crippen molar-refractivity contribution in [2.24, 2.45) is 0 Å². The van der Waals surface area contributed by atoms with Gasteiger partial charge < -0.3 is 15.4 Å². The van der Waals surface area contributed by atoms with E-state index in [1.807, 2.05) is 0 Å². The molecule has 0 bridgehead atoms. The van der Waals surface area contributed by atoms with Crippen LogP contribution in [-0.4, -0.2) is 18.9 Å². The van der Waals surface area contributed by atoms with Gasteiger partial charge in [0.05, 0.1) is 12.7 Å². The van der Waals surface area contributed by atoms with Crippen LogP contribution >= 0.6 is 15.9 Å². The van der Waals surface area contributed by atoms with Crippen LogP contribution in [0.1, 0.15) is 20.7 Å². The molecule has 2 N–H and O–H groups in total. The van der Waals surface area contributed by atoms with Crippen molar-refractivity contribution in [3.05, 3.63) is 88.1 Å². The van der Waals surface area contributed by atoms with Crippen molar-refractivity contribution in [1.82, 2.24) is 0 Å². The first-order chi connectivity index (χ1) is 13.5. The molecule has 7 heteroatoms. The van der Waals surface area contributed by atoms with Crippen LogP contribution in [0.25, 0.3) is 0 Å². The summed E-state index contributed by atoms with van der Waals surface area (Å²) in [4.78, 5) is 25.0. The Hall–Kier alpha value is -3.19. The minimum Gasteiger partial charge on any atom is -0.496 e. The fourth-order valence-electron chi connectivity index (χ4n) is 2.53. The van der Waals surface area contributed by atoms with E-state index in [1.165, 1.54) is 31.4 Å². The lowest BCUT2D eigenvalue weighted by Crippen LogP contribution is -2.15. The van der Waals surface area contributed by atoms with Crippen molar-refractivity contribution >= 4 is 39.1 Å². The van der Waals surface area contributed by atoms with Gasteiger partial charge in [0.25, 0.3) is 11.8 Å². The third-order valence-corrected chi connectivity index (χ3v) is 4.38. The van der Waals surface area contributed by atoms with E-state index in [9.17, 15) is 14.0 Å². The normalized spacial score (nSPS) is 10.2. The van der Waals surface area contributed by atoms with Crippen LogP contribution in [0.2, 0.25) is 0 Å². The van der Waals surface area contributed by atoms with E-state index in [1.54, 1.807) is 42.5 Å². The summed E-state index contributed by atoms with van der Waals surface area (Å²) in [6.45, 7) is 0. The highest BCUT2D eigenvalue weighted by molar-refractivity contribution is 9.10. The van der Waals surface area contributed by atoms with Gasteiger partial charge in [0.1, 0.15) is 11.6 Å². The average molecular weight is 443 g/mol. The van der Waals surface area contributed by atoms with Crippen LogP contribution in [0.4, 0.5) is 15.8 Å². The molecule has 2 amide bonds. The molecule has 0 aliphatic rings. The quantitative estimate of drug-likeness (QED) is 0.577. The highest BCUT2D eigenvalue weighted by Crippen LogP contribution is 2.24. The second-order valence-electron chi connectivity index (χ2n) is 5.84. The van der Waals surface area contributed by atoms with Gasteiger partial charge in [0.15, 0.2) is 0 Å². The predicted octanol–water partition coefficient (Wildman–Crippen LogP) is 5.10. The number of carbonyl (C=O) groups is 2. The summed E-state index contributed by atoms with van der Waals surface area (Å²) in [6.07, 6.45) is 0. The van der Waals surface area contributed by atoms with E-state index < -0.39 is 0 Å². The number of hydrogen-bond donors (Lipinski definition) is 2. The molecule has 0 fully saturated rings. The maximum Gasteiger partial charge on any atom is 0.259 e. The Balaban J connectivity index is 1.76. The van der Waals surface area contributed by atoms with Crippen LogP contribution in [0, 0.1) is 5.82 Å². The van der Waals surface area contributed by atoms with E-state index in [0.717, 1.165) is 4.47 Å². The molecule has 0 saturated heterocycles. The fourth-order valence-corrected chi connectivity index (χ4v) is 2.89. The summed E-state index contributed by atoms with van der Waals surface area (Å²) >= 11 is 3.33. The van der Waals surface area contributed by atoms with Gasteiger partial charge in [-0.15, -0.1) is 0 Å². The number of rotatable bonds is 5. The number of carbonyl (C=O) groups excluding carboxylic acids is 2. The molecule has 0 unspecified atom stereocenters. The van der Waals surface area contributed by atoms with E-state index in [2.05, 4.69) is 26.6 Å². The van der Waals surface area contributed by atoms with Crippen LogP contribution in [0.3, 0.4) is 0 Å². The molecule has 0 radical (unpaired) electrons. The molecule has 142 valence electrons. The number of halogens is 2. The number of amides is 2. The van der Waals surface area contributed by atoms with Crippen molar-refractivity contribution in [3.63, 3.8) is 0 Å². The van der Waals surface area contributed by atoms with Gasteiger partial charge in [-0.3, -0.25) is 9.59 Å². The zero-order valence-electron chi connectivity index (χ0n) is 14.8. The Bertz CT molecular complexity index is 1020. The summed E-state index contributed by atoms with van der Waals surface area (Å²) in [7, 11) is 1.49. The maximum absolute atomic E-state index is 13.0. The third kappa shape index (κ3) is 4.75. The summed E-state index contributed by atoms with van der Waals surface area (Å²) < 4.78 is 18.9. The maximum atomic E-state index is 13.0. The number of ether oxygens (including phenoxy) is 1. The lowest BCUT2D eigenvalue weighted by molar-refractivity contribution is 0.101. The number of methoxy groups -OCH3 is 1. The van der Waals surface area contributed by atoms with Crippen LogP contribution in [-0.2, 0) is 0 Å². The van der Waals surface area contributed by atoms with Crippen molar-refractivity contribution in [1.29, 1.82) is 0 Å². The number of benzene rings is 3. The van der Waals surface area contributed by atoms with Gasteiger partial charge in [-0.1, -0.05) is 22.0 Å². The summed E-state index contributed by atoms with van der Waals surface area (Å²) in [5.41, 5.74) is 1.64. The molecule has 0 saturated carbocycles. The Morgan fingerprint density at radius 3 is 2.32 bits per heavy atom.